The minimum atomic E-state index is -0.168. The van der Waals surface area contributed by atoms with Gasteiger partial charge in [-0.25, -0.2) is 9.97 Å². The first kappa shape index (κ1) is 11.8. The first-order valence-corrected chi connectivity index (χ1v) is 6.32. The topological polar surface area (TPSA) is 72.7 Å². The highest BCUT2D eigenvalue weighted by Gasteiger charge is 2.21. The number of aryl methyl sites for hydroxylation is 2. The third kappa shape index (κ3) is 2.47. The van der Waals surface area contributed by atoms with E-state index >= 15 is 0 Å². The zero-order chi connectivity index (χ0) is 13.2. The van der Waals surface area contributed by atoms with Crippen LogP contribution in [0.1, 0.15) is 28.4 Å². The third-order valence-electron chi connectivity index (χ3n) is 3.24. The van der Waals surface area contributed by atoms with Crippen LogP contribution in [0.5, 0.6) is 0 Å². The average molecular weight is 257 g/mol. The van der Waals surface area contributed by atoms with Crippen molar-refractivity contribution in [3.05, 3.63) is 42.0 Å². The van der Waals surface area contributed by atoms with E-state index in [9.17, 15) is 4.79 Å². The number of amides is 1. The van der Waals surface area contributed by atoms with E-state index < -0.39 is 0 Å². The summed E-state index contributed by atoms with van der Waals surface area (Å²) in [6.45, 7) is 2.75. The molecule has 0 aromatic carbocycles. The fourth-order valence-corrected chi connectivity index (χ4v) is 2.38. The third-order valence-corrected chi connectivity index (χ3v) is 3.24. The maximum atomic E-state index is 12.0. The Kier molecular flexibility index (Phi) is 2.98. The van der Waals surface area contributed by atoms with Crippen LogP contribution in [0.3, 0.4) is 0 Å². The molecule has 0 saturated carbocycles. The molecule has 1 amide bonds. The monoisotopic (exact) mass is 257 g/mol. The molecule has 6 nitrogen and oxygen atoms in total. The summed E-state index contributed by atoms with van der Waals surface area (Å²) >= 11 is 0. The molecule has 1 atom stereocenters. The van der Waals surface area contributed by atoms with Crippen molar-refractivity contribution < 1.29 is 4.79 Å². The second kappa shape index (κ2) is 4.79. The zero-order valence-corrected chi connectivity index (χ0v) is 10.7. The maximum absolute atomic E-state index is 12.0. The van der Waals surface area contributed by atoms with Gasteiger partial charge in [-0.15, -0.1) is 0 Å². The van der Waals surface area contributed by atoms with Crippen LogP contribution < -0.4 is 5.32 Å². The molecule has 2 aromatic heterocycles. The lowest BCUT2D eigenvalue weighted by Gasteiger charge is -2.24. The predicted molar refractivity (Wildman–Crippen MR) is 68.6 cm³/mol. The van der Waals surface area contributed by atoms with Crippen LogP contribution in [0.25, 0.3) is 0 Å². The van der Waals surface area contributed by atoms with Crippen molar-refractivity contribution >= 4 is 5.91 Å². The molecule has 3 rings (SSSR count). The lowest BCUT2D eigenvalue weighted by atomic mass is 10.1. The van der Waals surface area contributed by atoms with Gasteiger partial charge < -0.3 is 9.88 Å². The number of aromatic nitrogens is 4. The van der Waals surface area contributed by atoms with Crippen molar-refractivity contribution in [3.8, 4) is 0 Å². The highest BCUT2D eigenvalue weighted by molar-refractivity contribution is 5.92. The molecule has 1 N–H and O–H groups in total. The number of hydrogen-bond acceptors (Lipinski definition) is 4. The molecule has 1 aliphatic rings. The normalized spacial score (nSPS) is 17.8. The van der Waals surface area contributed by atoms with Gasteiger partial charge in [-0.3, -0.25) is 9.78 Å². The second-order valence-corrected chi connectivity index (χ2v) is 4.75. The number of carbonyl (C=O) groups excluding carboxylic acids is 1. The quantitative estimate of drug-likeness (QED) is 0.860. The zero-order valence-electron chi connectivity index (χ0n) is 10.7. The fraction of sp³-hybridized carbons (Fsp3) is 0.385. The Morgan fingerprint density at radius 3 is 3.16 bits per heavy atom. The Hall–Kier alpha value is -2.24. The Balaban J connectivity index is 1.68. The number of nitrogens with one attached hydrogen (secondary N) is 1. The number of hydrogen-bond donors (Lipinski definition) is 1. The van der Waals surface area contributed by atoms with Crippen LogP contribution in [-0.4, -0.2) is 31.5 Å². The molecule has 0 aliphatic carbocycles. The Morgan fingerprint density at radius 2 is 2.37 bits per heavy atom. The first-order chi connectivity index (χ1) is 9.22. The molecule has 0 radical (unpaired) electrons. The van der Waals surface area contributed by atoms with Gasteiger partial charge in [-0.2, -0.15) is 0 Å². The summed E-state index contributed by atoms with van der Waals surface area (Å²) in [6, 6.07) is 0.121. The molecule has 6 heteroatoms. The van der Waals surface area contributed by atoms with E-state index in [2.05, 4.69) is 24.8 Å². The summed E-state index contributed by atoms with van der Waals surface area (Å²) in [4.78, 5) is 24.3. The summed E-state index contributed by atoms with van der Waals surface area (Å²) in [5, 5.41) is 3.00. The lowest BCUT2D eigenvalue weighted by molar-refractivity contribution is 0.0922. The summed E-state index contributed by atoms with van der Waals surface area (Å²) in [6.07, 6.45) is 8.37. The van der Waals surface area contributed by atoms with Gasteiger partial charge in [0.25, 0.3) is 5.91 Å². The summed E-state index contributed by atoms with van der Waals surface area (Å²) in [5.74, 6) is 0.931. The van der Waals surface area contributed by atoms with Gasteiger partial charge in [-0.05, 0) is 13.3 Å². The van der Waals surface area contributed by atoms with Gasteiger partial charge in [0.15, 0.2) is 0 Å². The lowest BCUT2D eigenvalue weighted by Crippen LogP contribution is -2.41. The molecule has 19 heavy (non-hydrogen) atoms. The van der Waals surface area contributed by atoms with Gasteiger partial charge >= 0.3 is 0 Å². The van der Waals surface area contributed by atoms with E-state index in [-0.39, 0.29) is 11.9 Å². The number of fused-ring (bicyclic) bond motifs is 1. The van der Waals surface area contributed by atoms with E-state index in [1.807, 2.05) is 13.1 Å². The van der Waals surface area contributed by atoms with E-state index in [1.54, 1.807) is 6.20 Å². The predicted octanol–water partition coefficient (Wildman–Crippen LogP) is 0.726. The van der Waals surface area contributed by atoms with Gasteiger partial charge in [0, 0.05) is 37.6 Å². The second-order valence-electron chi connectivity index (χ2n) is 4.75. The highest BCUT2D eigenvalue weighted by Crippen LogP contribution is 2.15. The van der Waals surface area contributed by atoms with Crippen molar-refractivity contribution in [2.45, 2.75) is 32.4 Å². The van der Waals surface area contributed by atoms with Gasteiger partial charge in [0.2, 0.25) is 0 Å². The van der Waals surface area contributed by atoms with Crippen LogP contribution in [0, 0.1) is 6.92 Å². The Bertz CT molecular complexity index is 592. The van der Waals surface area contributed by atoms with Gasteiger partial charge in [0.1, 0.15) is 11.5 Å². The smallest absolute Gasteiger partial charge is 0.271 e. The van der Waals surface area contributed by atoms with Crippen LogP contribution in [0.2, 0.25) is 0 Å². The average Bonchev–Trinajstić information content (AvgIpc) is 2.79. The van der Waals surface area contributed by atoms with Crippen LogP contribution in [0.15, 0.2) is 24.8 Å². The van der Waals surface area contributed by atoms with E-state index in [0.717, 1.165) is 30.9 Å². The molecule has 98 valence electrons. The van der Waals surface area contributed by atoms with Crippen LogP contribution in [-0.2, 0) is 13.0 Å². The van der Waals surface area contributed by atoms with Crippen molar-refractivity contribution in [2.24, 2.45) is 0 Å². The number of carbonyl (C=O) groups is 1. The molecular weight excluding hydrogens is 242 g/mol. The SMILES string of the molecule is Cc1cn2c(n1)CC[C@@H](NC(=O)c1cnccn1)C2. The molecule has 0 fully saturated rings. The fourth-order valence-electron chi connectivity index (χ4n) is 2.38. The number of rotatable bonds is 2. The van der Waals surface area contributed by atoms with Crippen molar-refractivity contribution in [1.29, 1.82) is 0 Å². The molecule has 1 aliphatic heterocycles. The summed E-state index contributed by atoms with van der Waals surface area (Å²) in [7, 11) is 0. The van der Waals surface area contributed by atoms with E-state index in [4.69, 9.17) is 0 Å². The molecule has 0 bridgehead atoms. The van der Waals surface area contributed by atoms with E-state index in [0.29, 0.717) is 5.69 Å². The number of nitrogens with zero attached hydrogens (tertiary/aromatic N) is 4. The highest BCUT2D eigenvalue weighted by atomic mass is 16.1. The van der Waals surface area contributed by atoms with Crippen molar-refractivity contribution in [2.75, 3.05) is 0 Å². The summed E-state index contributed by atoms with van der Waals surface area (Å²) < 4.78 is 2.11. The van der Waals surface area contributed by atoms with Gasteiger partial charge in [-0.1, -0.05) is 0 Å². The Morgan fingerprint density at radius 1 is 1.47 bits per heavy atom. The maximum Gasteiger partial charge on any atom is 0.271 e. The van der Waals surface area contributed by atoms with Crippen LogP contribution >= 0.6 is 0 Å². The molecular formula is C13H15N5O. The molecule has 0 spiro atoms. The summed E-state index contributed by atoms with van der Waals surface area (Å²) in [5.41, 5.74) is 1.38. The Labute approximate surface area is 110 Å². The largest absolute Gasteiger partial charge is 0.346 e. The minimum Gasteiger partial charge on any atom is -0.346 e. The minimum absolute atomic E-state index is 0.121. The van der Waals surface area contributed by atoms with Crippen molar-refractivity contribution in [1.82, 2.24) is 24.8 Å². The van der Waals surface area contributed by atoms with Gasteiger partial charge in [0.05, 0.1) is 11.9 Å². The first-order valence-electron chi connectivity index (χ1n) is 6.32. The molecule has 2 aromatic rings. The standard InChI is InChI=1S/C13H15N5O/c1-9-7-18-8-10(2-3-12(18)16-9)17-13(19)11-6-14-4-5-15-11/h4-7,10H,2-3,8H2,1H3,(H,17,19)/t10-/m1/s1. The molecule has 0 saturated heterocycles. The molecule has 0 unspecified atom stereocenters. The number of imidazole rings is 1. The van der Waals surface area contributed by atoms with E-state index in [1.165, 1.54) is 12.4 Å². The molecule has 3 heterocycles. The van der Waals surface area contributed by atoms with Crippen molar-refractivity contribution in [3.63, 3.8) is 0 Å². The van der Waals surface area contributed by atoms with Crippen LogP contribution in [0.4, 0.5) is 0 Å².